The molecule has 142 valence electrons. The quantitative estimate of drug-likeness (QED) is 0.305. The first kappa shape index (κ1) is 17.9. The van der Waals surface area contributed by atoms with Gasteiger partial charge in [-0.3, -0.25) is 0 Å². The van der Waals surface area contributed by atoms with Gasteiger partial charge in [-0.25, -0.2) is 0 Å². The molecule has 0 saturated carbocycles. The van der Waals surface area contributed by atoms with E-state index in [-0.39, 0.29) is 0 Å². The summed E-state index contributed by atoms with van der Waals surface area (Å²) in [5.74, 6) is 0. The lowest BCUT2D eigenvalue weighted by molar-refractivity contribution is 0.833. The molecule has 29 heavy (non-hydrogen) atoms. The molecule has 4 aromatic rings. The minimum Gasteiger partial charge on any atom is -0.305 e. The van der Waals surface area contributed by atoms with Crippen LogP contribution < -0.4 is 0 Å². The molecule has 1 aliphatic rings. The lowest BCUT2D eigenvalue weighted by Crippen LogP contribution is -2.04. The molecule has 1 heteroatoms. The van der Waals surface area contributed by atoms with Gasteiger partial charge in [0, 0.05) is 11.3 Å². The third-order valence-electron chi connectivity index (χ3n) is 6.15. The molecule has 0 saturated heterocycles. The zero-order valence-electron chi connectivity index (χ0n) is 16.8. The highest BCUT2D eigenvalue weighted by Crippen LogP contribution is 2.43. The number of nitrogens with one attached hydrogen (secondary N) is 1. The molecule has 4 aromatic carbocycles. The van der Waals surface area contributed by atoms with Crippen molar-refractivity contribution in [1.82, 2.24) is 0 Å². The van der Waals surface area contributed by atoms with E-state index in [1.807, 2.05) is 0 Å². The van der Waals surface area contributed by atoms with Crippen LogP contribution in [0.5, 0.6) is 0 Å². The number of hydrogen-bond donors (Lipinski definition) is 1. The fourth-order valence-corrected chi connectivity index (χ4v) is 4.71. The zero-order valence-corrected chi connectivity index (χ0v) is 16.8. The van der Waals surface area contributed by atoms with Crippen LogP contribution in [0.3, 0.4) is 0 Å². The second kappa shape index (κ2) is 7.33. The van der Waals surface area contributed by atoms with Crippen molar-refractivity contribution in [3.63, 3.8) is 0 Å². The topological polar surface area (TPSA) is 23.9 Å². The normalized spacial score (nSPS) is 12.0. The second-order valence-corrected chi connectivity index (χ2v) is 7.96. The molecule has 0 aromatic heterocycles. The molecule has 0 atom stereocenters. The van der Waals surface area contributed by atoms with Crippen molar-refractivity contribution < 1.29 is 0 Å². The Morgan fingerprint density at radius 3 is 2.34 bits per heavy atom. The molecule has 0 bridgehead atoms. The third-order valence-corrected chi connectivity index (χ3v) is 6.15. The predicted octanol–water partition coefficient (Wildman–Crippen LogP) is 7.64. The summed E-state index contributed by atoms with van der Waals surface area (Å²) in [6.45, 7) is 2.19. The van der Waals surface area contributed by atoms with Crippen molar-refractivity contribution >= 4 is 16.5 Å². The van der Waals surface area contributed by atoms with Gasteiger partial charge in [0.1, 0.15) is 0 Å². The maximum Gasteiger partial charge on any atom is 0.0398 e. The van der Waals surface area contributed by atoms with E-state index in [0.717, 1.165) is 37.0 Å². The van der Waals surface area contributed by atoms with E-state index in [0.29, 0.717) is 0 Å². The molecular weight excluding hydrogens is 350 g/mol. The Kier molecular flexibility index (Phi) is 4.52. The fourth-order valence-electron chi connectivity index (χ4n) is 4.71. The highest BCUT2D eigenvalue weighted by molar-refractivity contribution is 6.15. The van der Waals surface area contributed by atoms with Gasteiger partial charge in [0.25, 0.3) is 0 Å². The van der Waals surface area contributed by atoms with Crippen LogP contribution in [0.2, 0.25) is 0 Å². The first-order chi connectivity index (χ1) is 14.3. The van der Waals surface area contributed by atoms with Crippen molar-refractivity contribution in [2.24, 2.45) is 0 Å². The summed E-state index contributed by atoms with van der Waals surface area (Å²) in [6.07, 6.45) is 3.96. The molecular formula is C28H25N. The molecule has 1 nitrogen and oxygen atoms in total. The second-order valence-electron chi connectivity index (χ2n) is 7.96. The summed E-state index contributed by atoms with van der Waals surface area (Å²) in [7, 11) is 0. The number of unbranched alkanes of at least 4 members (excludes halogenated alkanes) is 1. The Hall–Kier alpha value is -3.19. The molecule has 0 spiro atoms. The molecule has 1 aliphatic carbocycles. The van der Waals surface area contributed by atoms with Crippen molar-refractivity contribution in [1.29, 1.82) is 5.41 Å². The molecule has 0 fully saturated rings. The van der Waals surface area contributed by atoms with Gasteiger partial charge < -0.3 is 5.41 Å². The van der Waals surface area contributed by atoms with E-state index in [9.17, 15) is 0 Å². The van der Waals surface area contributed by atoms with Crippen LogP contribution >= 0.6 is 0 Å². The van der Waals surface area contributed by atoms with E-state index in [4.69, 9.17) is 5.41 Å². The Balaban J connectivity index is 1.74. The first-order valence-electron chi connectivity index (χ1n) is 10.6. The van der Waals surface area contributed by atoms with E-state index < -0.39 is 0 Å². The first-order valence-corrected chi connectivity index (χ1v) is 10.6. The van der Waals surface area contributed by atoms with Gasteiger partial charge in [0.15, 0.2) is 0 Å². The van der Waals surface area contributed by atoms with E-state index in [2.05, 4.69) is 85.8 Å². The fraction of sp³-hybridized carbons (Fsp3) is 0.179. The maximum absolute atomic E-state index is 8.93. The summed E-state index contributed by atoms with van der Waals surface area (Å²) in [6, 6.07) is 28.3. The molecule has 0 amide bonds. The van der Waals surface area contributed by atoms with Crippen molar-refractivity contribution in [2.75, 3.05) is 0 Å². The third kappa shape index (κ3) is 2.98. The standard InChI is InChI=1S/C28H25N/c1-2-3-15-27(29)28-22-12-7-4-9-19(22)16-17-25(28)24-14-8-13-23-21-11-6-5-10-20(21)18-26(23)24/h4-14,16-17,29H,2-3,15,18H2,1H3. The Morgan fingerprint density at radius 1 is 0.759 bits per heavy atom. The lowest BCUT2D eigenvalue weighted by atomic mass is 9.87. The van der Waals surface area contributed by atoms with Gasteiger partial charge in [-0.15, -0.1) is 0 Å². The molecule has 0 aliphatic heterocycles. The molecule has 0 radical (unpaired) electrons. The van der Waals surface area contributed by atoms with Crippen LogP contribution in [0.4, 0.5) is 0 Å². The van der Waals surface area contributed by atoms with Crippen molar-refractivity contribution in [2.45, 2.75) is 32.6 Å². The number of hydrogen-bond acceptors (Lipinski definition) is 1. The largest absolute Gasteiger partial charge is 0.305 e. The van der Waals surface area contributed by atoms with Gasteiger partial charge >= 0.3 is 0 Å². The minimum atomic E-state index is 0.756. The Morgan fingerprint density at radius 2 is 1.48 bits per heavy atom. The summed E-state index contributed by atoms with van der Waals surface area (Å²) in [4.78, 5) is 0. The Bertz CT molecular complexity index is 1230. The summed E-state index contributed by atoms with van der Waals surface area (Å²) < 4.78 is 0. The van der Waals surface area contributed by atoms with Crippen molar-refractivity contribution in [3.05, 3.63) is 95.6 Å². The van der Waals surface area contributed by atoms with Gasteiger partial charge in [-0.1, -0.05) is 92.2 Å². The van der Waals surface area contributed by atoms with Crippen LogP contribution in [0.15, 0.2) is 78.9 Å². The number of rotatable bonds is 5. The number of benzene rings is 4. The number of fused-ring (bicyclic) bond motifs is 4. The van der Waals surface area contributed by atoms with Gasteiger partial charge in [0.2, 0.25) is 0 Å². The van der Waals surface area contributed by atoms with E-state index in [1.54, 1.807) is 0 Å². The van der Waals surface area contributed by atoms with Crippen LogP contribution in [0.25, 0.3) is 33.0 Å². The lowest BCUT2D eigenvalue weighted by Gasteiger charge is -2.17. The SMILES string of the molecule is CCCCC(=N)c1c(-c2cccc3c2Cc2ccccc2-3)ccc2ccccc12. The van der Waals surface area contributed by atoms with E-state index >= 15 is 0 Å². The zero-order chi connectivity index (χ0) is 19.8. The van der Waals surface area contributed by atoms with E-state index in [1.165, 1.54) is 44.2 Å². The van der Waals surface area contributed by atoms with Gasteiger partial charge in [-0.2, -0.15) is 0 Å². The average Bonchev–Trinajstić information content (AvgIpc) is 3.15. The Labute approximate surface area is 172 Å². The monoisotopic (exact) mass is 375 g/mol. The van der Waals surface area contributed by atoms with Crippen molar-refractivity contribution in [3.8, 4) is 22.3 Å². The van der Waals surface area contributed by atoms with Gasteiger partial charge in [0.05, 0.1) is 0 Å². The summed E-state index contributed by atoms with van der Waals surface area (Å²) >= 11 is 0. The summed E-state index contributed by atoms with van der Waals surface area (Å²) in [5, 5.41) is 11.3. The van der Waals surface area contributed by atoms with Gasteiger partial charge in [-0.05, 0) is 63.4 Å². The molecule has 0 unspecified atom stereocenters. The van der Waals surface area contributed by atoms with Crippen LogP contribution in [-0.4, -0.2) is 5.71 Å². The molecule has 1 N–H and O–H groups in total. The molecule has 0 heterocycles. The predicted molar refractivity (Wildman–Crippen MR) is 124 cm³/mol. The average molecular weight is 376 g/mol. The maximum atomic E-state index is 8.93. The minimum absolute atomic E-state index is 0.756. The van der Waals surface area contributed by atoms with Crippen LogP contribution in [-0.2, 0) is 6.42 Å². The summed E-state index contributed by atoms with van der Waals surface area (Å²) in [5.41, 5.74) is 9.85. The molecule has 5 rings (SSSR count). The van der Waals surface area contributed by atoms with Crippen LogP contribution in [0, 0.1) is 5.41 Å². The van der Waals surface area contributed by atoms with Crippen LogP contribution in [0.1, 0.15) is 42.9 Å². The smallest absolute Gasteiger partial charge is 0.0398 e. The highest BCUT2D eigenvalue weighted by atomic mass is 14.4. The highest BCUT2D eigenvalue weighted by Gasteiger charge is 2.23.